The maximum absolute atomic E-state index is 13.1. The van der Waals surface area contributed by atoms with Gasteiger partial charge in [0.05, 0.1) is 23.0 Å². The molecule has 164 valence electrons. The molecule has 0 radical (unpaired) electrons. The molecular weight excluding hydrogens is 451 g/mol. The molecule has 2 rings (SSSR count). The molecule has 1 atom stereocenters. The van der Waals surface area contributed by atoms with Crippen LogP contribution >= 0.6 is 23.8 Å². The Bertz CT molecular complexity index is 996. The lowest BCUT2D eigenvalue weighted by atomic mass is 9.95. The van der Waals surface area contributed by atoms with E-state index in [1.165, 1.54) is 19.4 Å². The molecule has 0 bridgehead atoms. The zero-order valence-corrected chi connectivity index (χ0v) is 18.2. The number of halogens is 4. The first kappa shape index (κ1) is 26.3. The van der Waals surface area contributed by atoms with E-state index in [1.54, 1.807) is 24.3 Å². The zero-order chi connectivity index (χ0) is 23.7. The molecule has 2 aromatic carbocycles. The molecule has 0 aliphatic rings. The predicted octanol–water partition coefficient (Wildman–Crippen LogP) is 6.17. The fourth-order valence-corrected chi connectivity index (χ4v) is 2.60. The minimum atomic E-state index is -4.73. The molecule has 1 amide bonds. The van der Waals surface area contributed by atoms with E-state index in [1.807, 2.05) is 0 Å². The molecule has 0 aliphatic heterocycles. The smallest absolute Gasteiger partial charge is 0.380 e. The van der Waals surface area contributed by atoms with E-state index in [2.05, 4.69) is 44.1 Å². The highest BCUT2D eigenvalue weighted by molar-refractivity contribution is 7.78. The number of carbonyl (C=O) groups excluding carboxylic acids is 1. The standard InChI is InChI=1S/C20H16F3N3O2S.CH3Cl/c1-19(28,10-9-13-3-5-14(6-4-13)25-12-29)18(27)26-15-7-8-17(24-2)16(11-15)20(21,22)23;1-2/h3-8,11,28H,9-10H2,1H3,(H,26,27);1H3/t19-;/m1./s1. The van der Waals surface area contributed by atoms with Gasteiger partial charge in [0, 0.05) is 12.1 Å². The molecule has 0 saturated heterocycles. The fraction of sp³-hybridized carbons (Fsp3) is 0.286. The molecule has 10 heteroatoms. The first-order valence-corrected chi connectivity index (χ1v) is 9.90. The van der Waals surface area contributed by atoms with Gasteiger partial charge in [0.2, 0.25) is 0 Å². The third kappa shape index (κ3) is 7.78. The normalized spacial score (nSPS) is 12.3. The summed E-state index contributed by atoms with van der Waals surface area (Å²) in [6, 6.07) is 9.78. The summed E-state index contributed by atoms with van der Waals surface area (Å²) in [6.07, 6.45) is -2.87. The fourth-order valence-electron chi connectivity index (χ4n) is 2.50. The van der Waals surface area contributed by atoms with Crippen LogP contribution in [0.4, 0.5) is 30.2 Å². The van der Waals surface area contributed by atoms with Crippen molar-refractivity contribution in [2.45, 2.75) is 31.5 Å². The van der Waals surface area contributed by atoms with Crippen LogP contribution in [0.3, 0.4) is 0 Å². The van der Waals surface area contributed by atoms with Crippen molar-refractivity contribution in [2.75, 3.05) is 11.7 Å². The van der Waals surface area contributed by atoms with Gasteiger partial charge in [-0.1, -0.05) is 18.2 Å². The van der Waals surface area contributed by atoms with Crippen molar-refractivity contribution in [3.8, 4) is 0 Å². The Hall–Kier alpha value is -2.76. The number of thiocarbonyl (C=S) groups is 1. The number of carbonyl (C=O) groups is 1. The lowest BCUT2D eigenvalue weighted by Crippen LogP contribution is -2.40. The number of benzene rings is 2. The third-order valence-corrected chi connectivity index (χ3v) is 4.27. The van der Waals surface area contributed by atoms with Crippen LogP contribution in [0, 0.1) is 6.57 Å². The number of aliphatic imine (C=N–C) groups is 1. The number of aryl methyl sites for hydroxylation is 1. The number of nitrogens with zero attached hydrogens (tertiary/aromatic N) is 2. The number of anilines is 1. The molecule has 0 fully saturated rings. The van der Waals surface area contributed by atoms with Crippen LogP contribution in [-0.4, -0.2) is 28.2 Å². The van der Waals surface area contributed by atoms with Gasteiger partial charge in [0.25, 0.3) is 5.91 Å². The predicted molar refractivity (Wildman–Crippen MR) is 118 cm³/mol. The van der Waals surface area contributed by atoms with Gasteiger partial charge < -0.3 is 10.4 Å². The molecular formula is C21H19ClF3N3O2S. The summed E-state index contributed by atoms with van der Waals surface area (Å²) < 4.78 is 39.2. The van der Waals surface area contributed by atoms with Crippen molar-refractivity contribution in [1.82, 2.24) is 0 Å². The van der Waals surface area contributed by atoms with Gasteiger partial charge in [-0.15, -0.1) is 11.6 Å². The van der Waals surface area contributed by atoms with Gasteiger partial charge in [-0.05, 0) is 61.8 Å². The van der Waals surface area contributed by atoms with Gasteiger partial charge in [0.1, 0.15) is 5.60 Å². The Morgan fingerprint density at radius 1 is 1.26 bits per heavy atom. The van der Waals surface area contributed by atoms with Gasteiger partial charge in [0.15, 0.2) is 5.69 Å². The molecule has 0 aliphatic carbocycles. The Kier molecular flexibility index (Phi) is 9.82. The molecule has 2 N–H and O–H groups in total. The number of aliphatic hydroxyl groups is 1. The van der Waals surface area contributed by atoms with Crippen LogP contribution in [0.1, 0.15) is 24.5 Å². The molecule has 0 unspecified atom stereocenters. The molecule has 0 spiro atoms. The summed E-state index contributed by atoms with van der Waals surface area (Å²) in [5.74, 6) is -0.844. The second kappa shape index (κ2) is 11.6. The Morgan fingerprint density at radius 2 is 1.87 bits per heavy atom. The van der Waals surface area contributed by atoms with E-state index in [9.17, 15) is 23.1 Å². The highest BCUT2D eigenvalue weighted by atomic mass is 35.5. The van der Waals surface area contributed by atoms with E-state index >= 15 is 0 Å². The second-order valence-corrected chi connectivity index (χ2v) is 6.62. The third-order valence-electron chi connectivity index (χ3n) is 4.18. The summed E-state index contributed by atoms with van der Waals surface area (Å²) in [7, 11) is 0. The van der Waals surface area contributed by atoms with Crippen molar-refractivity contribution in [1.29, 1.82) is 0 Å². The van der Waals surface area contributed by atoms with Crippen molar-refractivity contribution in [3.05, 3.63) is 65.0 Å². The molecule has 2 aromatic rings. The zero-order valence-electron chi connectivity index (χ0n) is 16.6. The summed E-state index contributed by atoms with van der Waals surface area (Å²) in [5.41, 5.74) is -2.23. The van der Waals surface area contributed by atoms with E-state index in [-0.39, 0.29) is 12.1 Å². The van der Waals surface area contributed by atoms with Gasteiger partial charge in [-0.3, -0.25) is 4.79 Å². The van der Waals surface area contributed by atoms with E-state index in [0.717, 1.165) is 11.6 Å². The van der Waals surface area contributed by atoms with Crippen molar-refractivity contribution in [3.63, 3.8) is 0 Å². The van der Waals surface area contributed by atoms with Crippen LogP contribution in [0.5, 0.6) is 0 Å². The number of rotatable bonds is 6. The maximum atomic E-state index is 13.1. The Morgan fingerprint density at radius 3 is 2.39 bits per heavy atom. The first-order valence-electron chi connectivity index (χ1n) is 8.74. The number of hydrogen-bond donors (Lipinski definition) is 2. The maximum Gasteiger partial charge on any atom is 0.407 e. The van der Waals surface area contributed by atoms with E-state index < -0.39 is 28.9 Å². The number of hydrogen-bond acceptors (Lipinski definition) is 4. The van der Waals surface area contributed by atoms with Crippen molar-refractivity contribution >= 4 is 51.9 Å². The first-order chi connectivity index (χ1) is 14.6. The van der Waals surface area contributed by atoms with Gasteiger partial charge >= 0.3 is 6.18 Å². The molecule has 0 saturated carbocycles. The second-order valence-electron chi connectivity index (χ2n) is 6.44. The number of isothiocyanates is 1. The Labute approximate surface area is 188 Å². The molecule has 5 nitrogen and oxygen atoms in total. The lowest BCUT2D eigenvalue weighted by Gasteiger charge is -2.23. The monoisotopic (exact) mass is 469 g/mol. The molecule has 0 aromatic heterocycles. The summed E-state index contributed by atoms with van der Waals surface area (Å²) >= 11 is 9.16. The lowest BCUT2D eigenvalue weighted by molar-refractivity contribution is -0.137. The van der Waals surface area contributed by atoms with Crippen LogP contribution in [0.25, 0.3) is 4.85 Å². The minimum absolute atomic E-state index is 0.0425. The van der Waals surface area contributed by atoms with Crippen molar-refractivity contribution in [2.24, 2.45) is 4.99 Å². The summed E-state index contributed by atoms with van der Waals surface area (Å²) in [4.78, 5) is 19.0. The molecule has 0 heterocycles. The summed E-state index contributed by atoms with van der Waals surface area (Å²) in [6.45, 7) is 8.12. The van der Waals surface area contributed by atoms with Crippen LogP contribution in [0.15, 0.2) is 47.5 Å². The quantitative estimate of drug-likeness (QED) is 0.230. The topological polar surface area (TPSA) is 66.0 Å². The Balaban J connectivity index is 0.00000233. The number of nitrogens with one attached hydrogen (secondary N) is 1. The van der Waals surface area contributed by atoms with Crippen molar-refractivity contribution < 1.29 is 23.1 Å². The summed E-state index contributed by atoms with van der Waals surface area (Å²) in [5, 5.41) is 15.0. The number of alkyl halides is 4. The highest BCUT2D eigenvalue weighted by Crippen LogP contribution is 2.38. The SMILES string of the molecule is CCl.[C-]#[N+]c1ccc(NC(=O)[C@](C)(O)CCc2ccc(N=C=S)cc2)cc1C(F)(F)F. The van der Waals surface area contributed by atoms with Gasteiger partial charge in [-0.2, -0.15) is 18.2 Å². The van der Waals surface area contributed by atoms with Crippen LogP contribution < -0.4 is 5.32 Å². The van der Waals surface area contributed by atoms with Crippen LogP contribution in [-0.2, 0) is 17.4 Å². The average Bonchev–Trinajstić information content (AvgIpc) is 2.74. The highest BCUT2D eigenvalue weighted by Gasteiger charge is 2.35. The molecule has 31 heavy (non-hydrogen) atoms. The average molecular weight is 470 g/mol. The largest absolute Gasteiger partial charge is 0.407 e. The minimum Gasteiger partial charge on any atom is -0.380 e. The van der Waals surface area contributed by atoms with Crippen LogP contribution in [0.2, 0.25) is 0 Å². The van der Waals surface area contributed by atoms with Gasteiger partial charge in [-0.25, -0.2) is 4.85 Å². The number of amides is 1. The van der Waals surface area contributed by atoms with E-state index in [4.69, 9.17) is 6.57 Å². The van der Waals surface area contributed by atoms with E-state index in [0.29, 0.717) is 18.2 Å².